The largest absolute Gasteiger partial charge is 0.491 e. The molecule has 0 heterocycles. The van der Waals surface area contributed by atoms with E-state index >= 15 is 0 Å². The van der Waals surface area contributed by atoms with Crippen molar-refractivity contribution >= 4 is 17.7 Å². The summed E-state index contributed by atoms with van der Waals surface area (Å²) in [6.07, 6.45) is 2.69. The van der Waals surface area contributed by atoms with Crippen LogP contribution in [-0.2, 0) is 17.0 Å². The average Bonchev–Trinajstić information content (AvgIpc) is 2.64. The van der Waals surface area contributed by atoms with E-state index in [4.69, 9.17) is 4.74 Å². The standard InChI is InChI=1S/C22H29NO2S/c1-18(2)25-21-12-10-19(11-13-21)9-6-15-23-22(24)14-16-26-17-20-7-4-3-5-8-20/h3-5,7-8,10-13,18H,6,9,14-17H2,1-2H3,(H,23,24). The summed E-state index contributed by atoms with van der Waals surface area (Å²) < 4.78 is 5.64. The van der Waals surface area contributed by atoms with Gasteiger partial charge in [0, 0.05) is 24.5 Å². The highest BCUT2D eigenvalue weighted by molar-refractivity contribution is 7.98. The van der Waals surface area contributed by atoms with Crippen LogP contribution in [0.4, 0.5) is 0 Å². The lowest BCUT2D eigenvalue weighted by Crippen LogP contribution is -2.25. The van der Waals surface area contributed by atoms with E-state index in [1.54, 1.807) is 11.8 Å². The van der Waals surface area contributed by atoms with Gasteiger partial charge in [-0.1, -0.05) is 42.5 Å². The van der Waals surface area contributed by atoms with Crippen molar-refractivity contribution in [1.82, 2.24) is 5.32 Å². The third-order valence-corrected chi connectivity index (χ3v) is 4.87. The van der Waals surface area contributed by atoms with Crippen molar-refractivity contribution in [3.05, 3.63) is 65.7 Å². The molecule has 0 radical (unpaired) electrons. The topological polar surface area (TPSA) is 38.3 Å². The van der Waals surface area contributed by atoms with Crippen molar-refractivity contribution in [3.63, 3.8) is 0 Å². The molecule has 0 spiro atoms. The highest BCUT2D eigenvalue weighted by atomic mass is 32.2. The fraction of sp³-hybridized carbons (Fsp3) is 0.409. The molecule has 2 rings (SSSR count). The van der Waals surface area contributed by atoms with Crippen LogP contribution in [0.2, 0.25) is 0 Å². The van der Waals surface area contributed by atoms with Gasteiger partial charge in [0.15, 0.2) is 0 Å². The van der Waals surface area contributed by atoms with Gasteiger partial charge in [-0.25, -0.2) is 0 Å². The monoisotopic (exact) mass is 371 g/mol. The molecule has 0 aliphatic carbocycles. The first-order valence-corrected chi connectivity index (χ1v) is 10.4. The number of benzene rings is 2. The van der Waals surface area contributed by atoms with E-state index < -0.39 is 0 Å². The summed E-state index contributed by atoms with van der Waals surface area (Å²) in [4.78, 5) is 11.9. The van der Waals surface area contributed by atoms with Crippen LogP contribution in [0, 0.1) is 0 Å². The summed E-state index contributed by atoms with van der Waals surface area (Å²) in [5, 5.41) is 3.01. The summed E-state index contributed by atoms with van der Waals surface area (Å²) in [7, 11) is 0. The summed E-state index contributed by atoms with van der Waals surface area (Å²) in [6, 6.07) is 18.6. The second-order valence-corrected chi connectivity index (χ2v) is 7.66. The number of hydrogen-bond donors (Lipinski definition) is 1. The summed E-state index contributed by atoms with van der Waals surface area (Å²) in [5.74, 6) is 2.87. The zero-order valence-electron chi connectivity index (χ0n) is 15.7. The van der Waals surface area contributed by atoms with Crippen molar-refractivity contribution in [2.75, 3.05) is 12.3 Å². The predicted octanol–water partition coefficient (Wildman–Crippen LogP) is 4.85. The lowest BCUT2D eigenvalue weighted by Gasteiger charge is -2.10. The second kappa shape index (κ2) is 11.6. The second-order valence-electron chi connectivity index (χ2n) is 6.55. The number of nitrogens with one attached hydrogen (secondary N) is 1. The van der Waals surface area contributed by atoms with E-state index in [2.05, 4.69) is 29.6 Å². The van der Waals surface area contributed by atoms with Crippen LogP contribution >= 0.6 is 11.8 Å². The SMILES string of the molecule is CC(C)Oc1ccc(CCCNC(=O)CCSCc2ccccc2)cc1. The number of carbonyl (C=O) groups is 1. The minimum atomic E-state index is 0.145. The molecular formula is C22H29NO2S. The Labute approximate surface area is 161 Å². The molecule has 2 aromatic rings. The molecule has 140 valence electrons. The number of thioether (sulfide) groups is 1. The van der Waals surface area contributed by atoms with Crippen LogP contribution in [0.3, 0.4) is 0 Å². The first-order chi connectivity index (χ1) is 12.6. The van der Waals surface area contributed by atoms with Crippen molar-refractivity contribution in [2.45, 2.75) is 45.0 Å². The van der Waals surface area contributed by atoms with Crippen LogP contribution in [0.15, 0.2) is 54.6 Å². The van der Waals surface area contributed by atoms with Crippen LogP contribution in [0.25, 0.3) is 0 Å². The third kappa shape index (κ3) is 8.43. The maximum atomic E-state index is 11.9. The Morgan fingerprint density at radius 2 is 1.77 bits per heavy atom. The van der Waals surface area contributed by atoms with E-state index in [1.165, 1.54) is 11.1 Å². The van der Waals surface area contributed by atoms with Gasteiger partial charge in [-0.15, -0.1) is 0 Å². The fourth-order valence-electron chi connectivity index (χ4n) is 2.54. The van der Waals surface area contributed by atoms with Gasteiger partial charge in [-0.3, -0.25) is 4.79 Å². The van der Waals surface area contributed by atoms with Gasteiger partial charge in [0.25, 0.3) is 0 Å². The molecule has 4 heteroatoms. The average molecular weight is 372 g/mol. The molecule has 0 bridgehead atoms. The van der Waals surface area contributed by atoms with E-state index in [0.717, 1.165) is 36.6 Å². The van der Waals surface area contributed by atoms with Gasteiger partial charge in [-0.05, 0) is 49.9 Å². The Morgan fingerprint density at radius 3 is 2.46 bits per heavy atom. The molecular weight excluding hydrogens is 342 g/mol. The minimum Gasteiger partial charge on any atom is -0.491 e. The van der Waals surface area contributed by atoms with Crippen molar-refractivity contribution in [1.29, 1.82) is 0 Å². The zero-order chi connectivity index (χ0) is 18.6. The van der Waals surface area contributed by atoms with Gasteiger partial charge < -0.3 is 10.1 Å². The highest BCUT2D eigenvalue weighted by Gasteiger charge is 2.02. The Hall–Kier alpha value is -1.94. The molecule has 0 saturated heterocycles. The van der Waals surface area contributed by atoms with Gasteiger partial charge in [-0.2, -0.15) is 11.8 Å². The number of aryl methyl sites for hydroxylation is 1. The smallest absolute Gasteiger partial charge is 0.220 e. The van der Waals surface area contributed by atoms with Crippen molar-refractivity contribution in [2.24, 2.45) is 0 Å². The van der Waals surface area contributed by atoms with E-state index in [1.807, 2.05) is 44.2 Å². The molecule has 0 aromatic heterocycles. The molecule has 0 aliphatic rings. The molecule has 26 heavy (non-hydrogen) atoms. The van der Waals surface area contributed by atoms with Gasteiger partial charge in [0.05, 0.1) is 6.10 Å². The molecule has 2 aromatic carbocycles. The van der Waals surface area contributed by atoms with E-state index in [9.17, 15) is 4.79 Å². The Kier molecular flexibility index (Phi) is 9.11. The number of carbonyl (C=O) groups excluding carboxylic acids is 1. The predicted molar refractivity (Wildman–Crippen MR) is 111 cm³/mol. The van der Waals surface area contributed by atoms with Gasteiger partial charge >= 0.3 is 0 Å². The minimum absolute atomic E-state index is 0.145. The number of amides is 1. The molecule has 0 fully saturated rings. The summed E-state index contributed by atoms with van der Waals surface area (Å²) in [6.45, 7) is 4.78. The molecule has 1 amide bonds. The molecule has 3 nitrogen and oxygen atoms in total. The van der Waals surface area contributed by atoms with Gasteiger partial charge in [0.1, 0.15) is 5.75 Å². The van der Waals surface area contributed by atoms with Crippen LogP contribution in [-0.4, -0.2) is 24.3 Å². The van der Waals surface area contributed by atoms with Gasteiger partial charge in [0.2, 0.25) is 5.91 Å². The number of rotatable bonds is 11. The maximum Gasteiger partial charge on any atom is 0.220 e. The molecule has 0 aliphatic heterocycles. The fourth-order valence-corrected chi connectivity index (χ4v) is 3.45. The Bertz CT molecular complexity index is 641. The van der Waals surface area contributed by atoms with Crippen LogP contribution in [0.1, 0.15) is 37.8 Å². The summed E-state index contributed by atoms with van der Waals surface area (Å²) >= 11 is 1.80. The molecule has 1 N–H and O–H groups in total. The molecule has 0 saturated carbocycles. The first-order valence-electron chi connectivity index (χ1n) is 9.27. The normalized spacial score (nSPS) is 10.7. The zero-order valence-corrected chi connectivity index (χ0v) is 16.6. The lowest BCUT2D eigenvalue weighted by atomic mass is 10.1. The first kappa shape index (κ1) is 20.4. The lowest BCUT2D eigenvalue weighted by molar-refractivity contribution is -0.120. The molecule has 0 atom stereocenters. The van der Waals surface area contributed by atoms with E-state index in [-0.39, 0.29) is 12.0 Å². The molecule has 0 unspecified atom stereocenters. The summed E-state index contributed by atoms with van der Waals surface area (Å²) in [5.41, 5.74) is 2.58. The third-order valence-electron chi connectivity index (χ3n) is 3.84. The number of ether oxygens (including phenoxy) is 1. The van der Waals surface area contributed by atoms with Crippen LogP contribution < -0.4 is 10.1 Å². The maximum absolute atomic E-state index is 11.9. The highest BCUT2D eigenvalue weighted by Crippen LogP contribution is 2.15. The van der Waals surface area contributed by atoms with Crippen LogP contribution in [0.5, 0.6) is 5.75 Å². The Morgan fingerprint density at radius 1 is 1.04 bits per heavy atom. The quantitative estimate of drug-likeness (QED) is 0.574. The van der Waals surface area contributed by atoms with Crippen molar-refractivity contribution in [3.8, 4) is 5.75 Å². The van der Waals surface area contributed by atoms with Crippen molar-refractivity contribution < 1.29 is 9.53 Å². The Balaban J connectivity index is 1.53. The van der Waals surface area contributed by atoms with E-state index in [0.29, 0.717) is 6.42 Å². The number of hydrogen-bond acceptors (Lipinski definition) is 3.